The van der Waals surface area contributed by atoms with Crippen molar-refractivity contribution in [2.75, 3.05) is 0 Å². The van der Waals surface area contributed by atoms with E-state index in [-0.39, 0.29) is 32.3 Å². The van der Waals surface area contributed by atoms with Gasteiger partial charge in [0, 0.05) is 43.8 Å². The quantitative estimate of drug-likeness (QED) is 0.135. The van der Waals surface area contributed by atoms with Crippen LogP contribution in [0.1, 0.15) is 0 Å². The van der Waals surface area contributed by atoms with Crippen LogP contribution in [0.25, 0.3) is 67.5 Å². The van der Waals surface area contributed by atoms with Crippen molar-refractivity contribution in [2.45, 2.75) is 0 Å². The van der Waals surface area contributed by atoms with Gasteiger partial charge in [0.25, 0.3) is 0 Å². The summed E-state index contributed by atoms with van der Waals surface area (Å²) in [6, 6.07) is 73.8. The molecule has 7 aromatic carbocycles. The van der Waals surface area contributed by atoms with E-state index in [1.54, 1.807) is 6.07 Å². The summed E-state index contributed by atoms with van der Waals surface area (Å²) in [6.07, 6.45) is 0. The van der Waals surface area contributed by atoms with Gasteiger partial charge in [-0.15, -0.1) is 0 Å². The van der Waals surface area contributed by atoms with Crippen LogP contribution in [0.2, 0.25) is 10.0 Å². The Balaban J connectivity index is 0.000000473. The Hall–Kier alpha value is -6.89. The molecule has 0 N–H and O–H groups in total. The Labute approximate surface area is 380 Å². The standard InChI is InChI=1S/C45H34BN6.C6H4Cl2O.Ni/c1-7-19-34(20-8-1)40-31-43(37-25-13-4-14-26-37)50(47-40)46(51-44(38-27-15-5-16-28-38)32-41(48-51)35-21-9-2-10-22-35)52-45(39-29-17-6-18-30-39)33-42(49-52)36-23-11-3-12-24-36;7-4-2-1-3-5(8)6(4)9;/h1-33,46H;1-3,9H;/q-1;;+2/p-1. The molecule has 0 atom stereocenters. The molecule has 3 aromatic heterocycles. The first-order valence-corrected chi connectivity index (χ1v) is 20.7. The molecule has 0 aliphatic rings. The van der Waals surface area contributed by atoms with E-state index >= 15 is 0 Å². The maximum absolute atomic E-state index is 10.7. The first-order chi connectivity index (χ1) is 30.0. The molecule has 11 heteroatoms. The molecule has 10 rings (SSSR count). The molecule has 0 saturated carbocycles. The maximum Gasteiger partial charge on any atom is 2.00 e. The third kappa shape index (κ3) is 8.93. The first-order valence-electron chi connectivity index (χ1n) is 19.9. The minimum atomic E-state index is -1.96. The molecule has 304 valence electrons. The van der Waals surface area contributed by atoms with E-state index in [9.17, 15) is 5.11 Å². The van der Waals surface area contributed by atoms with Crippen molar-refractivity contribution in [3.05, 3.63) is 228 Å². The van der Waals surface area contributed by atoms with Crippen LogP contribution >= 0.6 is 23.2 Å². The smallest absolute Gasteiger partial charge is 0.870 e. The summed E-state index contributed by atoms with van der Waals surface area (Å²) in [4.78, 5) is 0. The van der Waals surface area contributed by atoms with Gasteiger partial charge in [-0.25, -0.2) is 15.3 Å². The second-order valence-corrected chi connectivity index (χ2v) is 15.2. The molecule has 3 heterocycles. The summed E-state index contributed by atoms with van der Waals surface area (Å²) < 4.78 is 6.50. The summed E-state index contributed by atoms with van der Waals surface area (Å²) in [5, 5.41) is 27.5. The predicted molar refractivity (Wildman–Crippen MR) is 249 cm³/mol. The Morgan fingerprint density at radius 2 is 0.581 bits per heavy atom. The SMILES string of the molecule is [Ni+2].[O-]c1c(Cl)cccc1Cl.c1ccc(-c2cc(-c3ccccc3)n([BH-](n3nc(-c4ccccc4)cc3-c3ccccc3)n3nc(-c4ccccc4)cc3-c3ccccc3)n2)cc1. The monoisotopic (exact) mass is 888 g/mol. The third-order valence-electron chi connectivity index (χ3n) is 10.5. The fourth-order valence-electron chi connectivity index (χ4n) is 7.53. The van der Waals surface area contributed by atoms with Crippen molar-refractivity contribution in [3.63, 3.8) is 0 Å². The van der Waals surface area contributed by atoms with Crippen molar-refractivity contribution in [2.24, 2.45) is 0 Å². The van der Waals surface area contributed by atoms with Gasteiger partial charge < -0.3 is 18.9 Å². The molecule has 0 fully saturated rings. The fourth-order valence-corrected chi connectivity index (χ4v) is 7.93. The summed E-state index contributed by atoms with van der Waals surface area (Å²) >= 11 is 10.8. The van der Waals surface area contributed by atoms with E-state index in [2.05, 4.69) is 178 Å². The molecule has 0 amide bonds. The van der Waals surface area contributed by atoms with Crippen LogP contribution in [0, 0.1) is 0 Å². The van der Waals surface area contributed by atoms with E-state index in [4.69, 9.17) is 38.5 Å². The third-order valence-corrected chi connectivity index (χ3v) is 11.1. The van der Waals surface area contributed by atoms with Gasteiger partial charge in [0.2, 0.25) is 0 Å². The maximum atomic E-state index is 10.7. The molecule has 0 radical (unpaired) electrons. The number of hydrogen-bond acceptors (Lipinski definition) is 4. The second-order valence-electron chi connectivity index (χ2n) is 14.4. The fraction of sp³-hybridized carbons (Fsp3) is 0. The number of para-hydroxylation sites is 1. The minimum absolute atomic E-state index is 0. The van der Waals surface area contributed by atoms with Gasteiger partial charge in [0.1, 0.15) is 0 Å². The Bertz CT molecular complexity index is 2700. The minimum Gasteiger partial charge on any atom is -0.870 e. The van der Waals surface area contributed by atoms with Gasteiger partial charge in [0.05, 0.1) is 17.1 Å². The molecule has 0 bridgehead atoms. The van der Waals surface area contributed by atoms with E-state index in [1.807, 2.05) is 36.4 Å². The Kier molecular flexibility index (Phi) is 13.0. The van der Waals surface area contributed by atoms with Crippen LogP contribution in [0.15, 0.2) is 218 Å². The molecule has 0 saturated heterocycles. The van der Waals surface area contributed by atoms with Crippen molar-refractivity contribution < 1.29 is 21.6 Å². The van der Waals surface area contributed by atoms with Gasteiger partial charge in [0.15, 0.2) is 0 Å². The molecule has 10 aromatic rings. The topological polar surface area (TPSA) is 76.5 Å². The molecular formula is C51H37BCl2N6NiO. The summed E-state index contributed by atoms with van der Waals surface area (Å²) in [6.45, 7) is 0. The number of halogens is 2. The van der Waals surface area contributed by atoms with Crippen molar-refractivity contribution in [1.82, 2.24) is 29.1 Å². The summed E-state index contributed by atoms with van der Waals surface area (Å²) in [5.41, 5.74) is 11.9. The molecule has 7 nitrogen and oxygen atoms in total. The van der Waals surface area contributed by atoms with Gasteiger partial charge in [-0.05, 0) is 47.0 Å². The van der Waals surface area contributed by atoms with Crippen LogP contribution in [-0.2, 0) is 16.5 Å². The van der Waals surface area contributed by atoms with Gasteiger partial charge in [-0.3, -0.25) is 0 Å². The number of hydrogen-bond donors (Lipinski definition) is 0. The van der Waals surface area contributed by atoms with Crippen LogP contribution in [0.5, 0.6) is 5.75 Å². The van der Waals surface area contributed by atoms with E-state index in [0.29, 0.717) is 0 Å². The molecule has 0 aliphatic heterocycles. The van der Waals surface area contributed by atoms with Crippen molar-refractivity contribution >= 4 is 30.3 Å². The summed E-state index contributed by atoms with van der Waals surface area (Å²) in [7, 11) is -1.96. The zero-order valence-electron chi connectivity index (χ0n) is 33.2. The van der Waals surface area contributed by atoms with E-state index in [0.717, 1.165) is 67.5 Å². The second kappa shape index (κ2) is 19.2. The molecule has 0 aliphatic carbocycles. The van der Waals surface area contributed by atoms with Crippen molar-refractivity contribution in [3.8, 4) is 73.3 Å². The van der Waals surface area contributed by atoms with Crippen molar-refractivity contribution in [1.29, 1.82) is 0 Å². The number of aromatic nitrogens is 6. The van der Waals surface area contributed by atoms with Crippen LogP contribution < -0.4 is 5.11 Å². The normalized spacial score (nSPS) is 10.8. The van der Waals surface area contributed by atoms with Crippen LogP contribution in [0.4, 0.5) is 0 Å². The predicted octanol–water partition coefficient (Wildman–Crippen LogP) is 12.0. The van der Waals surface area contributed by atoms with Gasteiger partial charge >= 0.3 is 23.6 Å². The van der Waals surface area contributed by atoms with Crippen LogP contribution in [-0.4, -0.2) is 36.2 Å². The largest absolute Gasteiger partial charge is 2.00 e. The number of benzene rings is 7. The average Bonchev–Trinajstić information content (AvgIpc) is 4.09. The number of rotatable bonds is 9. The Morgan fingerprint density at radius 1 is 0.339 bits per heavy atom. The zero-order chi connectivity index (χ0) is 41.5. The Morgan fingerprint density at radius 3 is 0.823 bits per heavy atom. The molecule has 62 heavy (non-hydrogen) atoms. The van der Waals surface area contributed by atoms with E-state index < -0.39 is 7.12 Å². The first kappa shape index (κ1) is 41.8. The van der Waals surface area contributed by atoms with Gasteiger partial charge in [-0.2, -0.15) is 0 Å². The summed E-state index contributed by atoms with van der Waals surface area (Å²) in [5.74, 6) is -0.305. The van der Waals surface area contributed by atoms with Gasteiger partial charge in [-0.1, -0.05) is 217 Å². The molecule has 0 spiro atoms. The van der Waals surface area contributed by atoms with Crippen LogP contribution in [0.3, 0.4) is 0 Å². The molecule has 0 unspecified atom stereocenters. The number of nitrogens with zero attached hydrogens (tertiary/aromatic N) is 6. The average molecular weight is 890 g/mol. The zero-order valence-corrected chi connectivity index (χ0v) is 35.7. The molecular weight excluding hydrogens is 853 g/mol. The van der Waals surface area contributed by atoms with E-state index in [1.165, 1.54) is 12.1 Å².